The van der Waals surface area contributed by atoms with E-state index in [1.807, 2.05) is 41.3 Å². The van der Waals surface area contributed by atoms with Crippen molar-refractivity contribution in [3.8, 4) is 11.5 Å². The Kier molecular flexibility index (Phi) is 5.25. The average molecular weight is 360 g/mol. The van der Waals surface area contributed by atoms with Gasteiger partial charge in [-0.2, -0.15) is 0 Å². The van der Waals surface area contributed by atoms with Crippen LogP contribution in [0.4, 0.5) is 0 Å². The maximum Gasteiger partial charge on any atom is 0.253 e. The third-order valence-electron chi connectivity index (χ3n) is 5.17. The Labute approximate surface area is 153 Å². The van der Waals surface area contributed by atoms with Crippen LogP contribution in [0, 0.1) is 11.8 Å². The van der Waals surface area contributed by atoms with E-state index in [2.05, 4.69) is 4.98 Å². The summed E-state index contributed by atoms with van der Waals surface area (Å²) in [5, 5.41) is 0. The fraction of sp³-hybridized carbons (Fsp3) is 0.368. The minimum Gasteiger partial charge on any atom is -0.456 e. The summed E-state index contributed by atoms with van der Waals surface area (Å²) in [4.78, 5) is 18.7. The van der Waals surface area contributed by atoms with Gasteiger partial charge in [-0.15, -0.1) is 12.4 Å². The van der Waals surface area contributed by atoms with Crippen LogP contribution in [-0.2, 0) is 0 Å². The first-order valence-corrected chi connectivity index (χ1v) is 8.43. The molecule has 132 valence electrons. The van der Waals surface area contributed by atoms with Crippen LogP contribution in [0.3, 0.4) is 0 Å². The van der Waals surface area contributed by atoms with E-state index in [0.717, 1.165) is 25.9 Å². The molecule has 1 aliphatic carbocycles. The largest absolute Gasteiger partial charge is 0.456 e. The van der Waals surface area contributed by atoms with Gasteiger partial charge in [0.1, 0.15) is 11.5 Å². The molecule has 1 aromatic carbocycles. The summed E-state index contributed by atoms with van der Waals surface area (Å²) in [6.07, 6.45) is 5.60. The zero-order valence-corrected chi connectivity index (χ0v) is 14.7. The van der Waals surface area contributed by atoms with Gasteiger partial charge >= 0.3 is 0 Å². The zero-order valence-electron chi connectivity index (χ0n) is 13.9. The number of nitrogens with two attached hydrogens (primary N) is 1. The van der Waals surface area contributed by atoms with Crippen molar-refractivity contribution >= 4 is 18.3 Å². The summed E-state index contributed by atoms with van der Waals surface area (Å²) in [5.41, 5.74) is 6.85. The van der Waals surface area contributed by atoms with Gasteiger partial charge in [0.15, 0.2) is 0 Å². The van der Waals surface area contributed by atoms with E-state index in [-0.39, 0.29) is 24.4 Å². The Morgan fingerprint density at radius 3 is 2.60 bits per heavy atom. The molecule has 1 aromatic heterocycles. The van der Waals surface area contributed by atoms with E-state index in [4.69, 9.17) is 10.5 Å². The topological polar surface area (TPSA) is 68.5 Å². The number of hydrogen-bond acceptors (Lipinski definition) is 4. The standard InChI is InChI=1S/C19H21N3O2.ClH/c20-18-8-5-14-11-22(12-17(14)18)19(23)13-3-6-15(7-4-13)24-16-2-1-9-21-10-16;/h1-4,6-7,9-10,14,17-18H,5,8,11-12,20H2;1H. The summed E-state index contributed by atoms with van der Waals surface area (Å²) in [7, 11) is 0. The fourth-order valence-corrected chi connectivity index (χ4v) is 3.87. The molecule has 4 rings (SSSR count). The predicted molar refractivity (Wildman–Crippen MR) is 98.1 cm³/mol. The normalized spacial score (nSPS) is 24.5. The van der Waals surface area contributed by atoms with Crippen LogP contribution in [-0.4, -0.2) is 34.9 Å². The molecular formula is C19H22ClN3O2. The van der Waals surface area contributed by atoms with Crippen molar-refractivity contribution in [3.05, 3.63) is 54.4 Å². The van der Waals surface area contributed by atoms with E-state index in [0.29, 0.717) is 28.9 Å². The molecule has 2 N–H and O–H groups in total. The quantitative estimate of drug-likeness (QED) is 0.914. The fourth-order valence-electron chi connectivity index (χ4n) is 3.87. The SMILES string of the molecule is Cl.NC1CCC2CN(C(=O)c3ccc(Oc4cccnc4)cc3)CC12. The molecule has 3 unspecified atom stereocenters. The van der Waals surface area contributed by atoms with E-state index < -0.39 is 0 Å². The smallest absolute Gasteiger partial charge is 0.253 e. The predicted octanol–water partition coefficient (Wildman–Crippen LogP) is 3.11. The lowest BCUT2D eigenvalue weighted by Gasteiger charge is -2.19. The second-order valence-corrected chi connectivity index (χ2v) is 6.69. The van der Waals surface area contributed by atoms with Crippen molar-refractivity contribution < 1.29 is 9.53 Å². The number of carbonyl (C=O) groups excluding carboxylic acids is 1. The van der Waals surface area contributed by atoms with Crippen LogP contribution in [0.1, 0.15) is 23.2 Å². The summed E-state index contributed by atoms with van der Waals surface area (Å²) >= 11 is 0. The molecule has 2 aromatic rings. The monoisotopic (exact) mass is 359 g/mol. The number of fused-ring (bicyclic) bond motifs is 1. The van der Waals surface area contributed by atoms with Gasteiger partial charge in [0.2, 0.25) is 0 Å². The van der Waals surface area contributed by atoms with Crippen molar-refractivity contribution in [2.45, 2.75) is 18.9 Å². The molecule has 1 amide bonds. The lowest BCUT2D eigenvalue weighted by atomic mass is 9.98. The minimum atomic E-state index is 0. The Hall–Kier alpha value is -2.11. The lowest BCUT2D eigenvalue weighted by molar-refractivity contribution is 0.0779. The van der Waals surface area contributed by atoms with Gasteiger partial charge in [0.25, 0.3) is 5.91 Å². The van der Waals surface area contributed by atoms with Gasteiger partial charge in [0.05, 0.1) is 6.20 Å². The van der Waals surface area contributed by atoms with Gasteiger partial charge in [-0.1, -0.05) is 0 Å². The number of amides is 1. The molecule has 1 saturated heterocycles. The molecule has 0 radical (unpaired) electrons. The molecule has 25 heavy (non-hydrogen) atoms. The highest BCUT2D eigenvalue weighted by atomic mass is 35.5. The molecule has 2 aliphatic rings. The Morgan fingerprint density at radius 2 is 1.92 bits per heavy atom. The number of nitrogens with zero attached hydrogens (tertiary/aromatic N) is 2. The van der Waals surface area contributed by atoms with Gasteiger partial charge in [-0.05, 0) is 61.1 Å². The lowest BCUT2D eigenvalue weighted by Crippen LogP contribution is -2.33. The zero-order chi connectivity index (χ0) is 16.5. The highest BCUT2D eigenvalue weighted by Gasteiger charge is 2.42. The molecule has 5 nitrogen and oxygen atoms in total. The van der Waals surface area contributed by atoms with Crippen LogP contribution in [0.5, 0.6) is 11.5 Å². The number of halogens is 1. The minimum absolute atomic E-state index is 0. The maximum atomic E-state index is 12.7. The highest BCUT2D eigenvalue weighted by Crippen LogP contribution is 2.37. The van der Waals surface area contributed by atoms with Crippen molar-refractivity contribution in [3.63, 3.8) is 0 Å². The van der Waals surface area contributed by atoms with Crippen molar-refractivity contribution in [1.29, 1.82) is 0 Å². The highest BCUT2D eigenvalue weighted by molar-refractivity contribution is 5.94. The number of pyridine rings is 1. The molecule has 1 saturated carbocycles. The van der Waals surface area contributed by atoms with Gasteiger partial charge in [-0.25, -0.2) is 0 Å². The van der Waals surface area contributed by atoms with Crippen molar-refractivity contribution in [1.82, 2.24) is 9.88 Å². The van der Waals surface area contributed by atoms with Crippen LogP contribution < -0.4 is 10.5 Å². The molecule has 2 heterocycles. The number of hydrogen-bond donors (Lipinski definition) is 1. The van der Waals surface area contributed by atoms with E-state index in [1.165, 1.54) is 0 Å². The van der Waals surface area contributed by atoms with Crippen LogP contribution in [0.2, 0.25) is 0 Å². The summed E-state index contributed by atoms with van der Waals surface area (Å²) in [6, 6.07) is 11.2. The number of likely N-dealkylation sites (tertiary alicyclic amines) is 1. The average Bonchev–Trinajstić information content (AvgIpc) is 3.18. The number of carbonyl (C=O) groups is 1. The Morgan fingerprint density at radius 1 is 1.12 bits per heavy atom. The second kappa shape index (κ2) is 7.42. The van der Waals surface area contributed by atoms with Crippen LogP contribution in [0.25, 0.3) is 0 Å². The van der Waals surface area contributed by atoms with Crippen molar-refractivity contribution in [2.75, 3.05) is 13.1 Å². The Balaban J connectivity index is 0.00000182. The van der Waals surface area contributed by atoms with Gasteiger partial charge in [0, 0.05) is 30.9 Å². The van der Waals surface area contributed by atoms with Crippen LogP contribution >= 0.6 is 12.4 Å². The molecular weight excluding hydrogens is 338 g/mol. The number of rotatable bonds is 3. The van der Waals surface area contributed by atoms with E-state index in [1.54, 1.807) is 12.4 Å². The number of ether oxygens (including phenoxy) is 1. The summed E-state index contributed by atoms with van der Waals surface area (Å²) < 4.78 is 5.71. The van der Waals surface area contributed by atoms with Gasteiger partial charge in [-0.3, -0.25) is 9.78 Å². The third kappa shape index (κ3) is 3.62. The third-order valence-corrected chi connectivity index (χ3v) is 5.17. The molecule has 0 spiro atoms. The number of benzene rings is 1. The first-order chi connectivity index (χ1) is 11.7. The van der Waals surface area contributed by atoms with Crippen LogP contribution in [0.15, 0.2) is 48.8 Å². The van der Waals surface area contributed by atoms with E-state index >= 15 is 0 Å². The van der Waals surface area contributed by atoms with Gasteiger partial charge < -0.3 is 15.4 Å². The molecule has 2 fully saturated rings. The first-order valence-electron chi connectivity index (χ1n) is 8.43. The number of aromatic nitrogens is 1. The Bertz CT molecular complexity index is 723. The molecule has 1 aliphatic heterocycles. The van der Waals surface area contributed by atoms with Crippen molar-refractivity contribution in [2.24, 2.45) is 17.6 Å². The first kappa shape index (κ1) is 17.7. The molecule has 0 bridgehead atoms. The molecule has 3 atom stereocenters. The molecule has 6 heteroatoms. The summed E-state index contributed by atoms with van der Waals surface area (Å²) in [6.45, 7) is 1.63. The summed E-state index contributed by atoms with van der Waals surface area (Å²) in [5.74, 6) is 2.52. The van der Waals surface area contributed by atoms with E-state index in [9.17, 15) is 4.79 Å². The maximum absolute atomic E-state index is 12.7. The second-order valence-electron chi connectivity index (χ2n) is 6.69.